The fourth-order valence-corrected chi connectivity index (χ4v) is 4.29. The van der Waals surface area contributed by atoms with Crippen molar-refractivity contribution < 1.29 is 14.3 Å². The van der Waals surface area contributed by atoms with Crippen LogP contribution in [-0.4, -0.2) is 36.4 Å². The third kappa shape index (κ3) is 3.97. The molecule has 0 N–H and O–H groups in total. The van der Waals surface area contributed by atoms with Crippen molar-refractivity contribution in [1.82, 2.24) is 4.90 Å². The van der Waals surface area contributed by atoms with Crippen LogP contribution in [0, 0.1) is 19.8 Å². The van der Waals surface area contributed by atoms with Crippen LogP contribution in [0.25, 0.3) is 5.57 Å². The van der Waals surface area contributed by atoms with E-state index in [0.717, 1.165) is 48.4 Å². The molecule has 1 saturated heterocycles. The molecular weight excluding hydrogens is 388 g/mol. The van der Waals surface area contributed by atoms with E-state index in [2.05, 4.69) is 11.8 Å². The number of nitrogens with zero attached hydrogens (tertiary/aromatic N) is 2. The van der Waals surface area contributed by atoms with Gasteiger partial charge in [-0.3, -0.25) is 9.59 Å². The number of benzene rings is 2. The Labute approximate surface area is 184 Å². The van der Waals surface area contributed by atoms with E-state index >= 15 is 0 Å². The number of carbonyl (C=O) groups is 2. The maximum atomic E-state index is 13.6. The summed E-state index contributed by atoms with van der Waals surface area (Å²) in [5, 5.41) is 0. The second-order valence-corrected chi connectivity index (χ2v) is 8.56. The Morgan fingerprint density at radius 2 is 1.61 bits per heavy atom. The Hall–Kier alpha value is -3.08. The lowest BCUT2D eigenvalue weighted by Gasteiger charge is -2.32. The molecule has 2 heterocycles. The van der Waals surface area contributed by atoms with Crippen molar-refractivity contribution in [2.24, 2.45) is 5.92 Å². The molecule has 162 valence electrons. The first kappa shape index (κ1) is 21.2. The van der Waals surface area contributed by atoms with E-state index in [1.165, 1.54) is 4.90 Å². The van der Waals surface area contributed by atoms with Crippen LogP contribution in [0.2, 0.25) is 0 Å². The van der Waals surface area contributed by atoms with Gasteiger partial charge < -0.3 is 9.64 Å². The molecule has 2 aromatic carbocycles. The Balaban J connectivity index is 1.78. The van der Waals surface area contributed by atoms with Crippen molar-refractivity contribution in [3.8, 4) is 5.75 Å². The number of amides is 2. The van der Waals surface area contributed by atoms with Crippen LogP contribution in [0.4, 0.5) is 5.69 Å². The number of carbonyl (C=O) groups excluding carboxylic acids is 2. The molecule has 0 spiro atoms. The van der Waals surface area contributed by atoms with Gasteiger partial charge in [-0.1, -0.05) is 25.1 Å². The molecule has 0 aromatic heterocycles. The molecular formula is C26H30N2O3. The van der Waals surface area contributed by atoms with Crippen molar-refractivity contribution in [2.45, 2.75) is 40.5 Å². The summed E-state index contributed by atoms with van der Waals surface area (Å²) in [5.74, 6) is 0.898. The second-order valence-electron chi connectivity index (χ2n) is 8.56. The largest absolute Gasteiger partial charge is 0.494 e. The average Bonchev–Trinajstić information content (AvgIpc) is 3.02. The molecule has 0 bridgehead atoms. The monoisotopic (exact) mass is 418 g/mol. The van der Waals surface area contributed by atoms with Gasteiger partial charge in [-0.25, -0.2) is 4.90 Å². The summed E-state index contributed by atoms with van der Waals surface area (Å²) in [4.78, 5) is 30.7. The normalized spacial score (nSPS) is 17.7. The molecule has 0 atom stereocenters. The van der Waals surface area contributed by atoms with E-state index in [9.17, 15) is 9.59 Å². The van der Waals surface area contributed by atoms with Gasteiger partial charge in [0.15, 0.2) is 0 Å². The zero-order valence-electron chi connectivity index (χ0n) is 18.8. The number of anilines is 1. The molecule has 0 unspecified atom stereocenters. The standard InChI is InChI=1S/C26H30N2O3/c1-5-31-22-10-7-20(8-11-22)23-24(27-14-12-17(2)13-15-27)26(30)28(25(23)29)21-9-6-18(3)19(4)16-21/h6-11,16-17H,5,12-15H2,1-4H3. The Morgan fingerprint density at radius 1 is 0.935 bits per heavy atom. The van der Waals surface area contributed by atoms with Crippen molar-refractivity contribution in [3.63, 3.8) is 0 Å². The van der Waals surface area contributed by atoms with Gasteiger partial charge in [0, 0.05) is 13.1 Å². The van der Waals surface area contributed by atoms with Crippen LogP contribution in [0.3, 0.4) is 0 Å². The van der Waals surface area contributed by atoms with E-state index in [0.29, 0.717) is 29.5 Å². The van der Waals surface area contributed by atoms with Gasteiger partial charge in [0.05, 0.1) is 17.9 Å². The third-order valence-electron chi connectivity index (χ3n) is 6.36. The summed E-state index contributed by atoms with van der Waals surface area (Å²) in [5.41, 5.74) is 4.58. The summed E-state index contributed by atoms with van der Waals surface area (Å²) < 4.78 is 5.55. The van der Waals surface area contributed by atoms with Gasteiger partial charge in [0.2, 0.25) is 0 Å². The van der Waals surface area contributed by atoms with Gasteiger partial charge in [-0.2, -0.15) is 0 Å². The van der Waals surface area contributed by atoms with E-state index in [1.807, 2.05) is 63.2 Å². The van der Waals surface area contributed by atoms with Crippen LogP contribution in [0.1, 0.15) is 43.4 Å². The van der Waals surface area contributed by atoms with Crippen LogP contribution < -0.4 is 9.64 Å². The smallest absolute Gasteiger partial charge is 0.282 e. The fraction of sp³-hybridized carbons (Fsp3) is 0.385. The first-order chi connectivity index (χ1) is 14.9. The lowest BCUT2D eigenvalue weighted by molar-refractivity contribution is -0.120. The lowest BCUT2D eigenvalue weighted by atomic mass is 9.97. The number of aryl methyl sites for hydroxylation is 2. The number of likely N-dealkylation sites (tertiary alicyclic amines) is 1. The Bertz CT molecular complexity index is 1030. The number of hydrogen-bond donors (Lipinski definition) is 0. The predicted octanol–water partition coefficient (Wildman–Crippen LogP) is 4.72. The summed E-state index contributed by atoms with van der Waals surface area (Å²) in [6.45, 7) is 10.4. The predicted molar refractivity (Wildman–Crippen MR) is 123 cm³/mol. The van der Waals surface area contributed by atoms with Crippen molar-refractivity contribution >= 4 is 23.1 Å². The van der Waals surface area contributed by atoms with Gasteiger partial charge in [0.25, 0.3) is 11.8 Å². The minimum atomic E-state index is -0.258. The number of rotatable bonds is 5. The number of piperidine rings is 1. The highest BCUT2D eigenvalue weighted by Crippen LogP contribution is 2.37. The molecule has 2 aliphatic heterocycles. The first-order valence-corrected chi connectivity index (χ1v) is 11.1. The highest BCUT2D eigenvalue weighted by Gasteiger charge is 2.43. The van der Waals surface area contributed by atoms with Crippen LogP contribution in [-0.2, 0) is 9.59 Å². The number of ether oxygens (including phenoxy) is 1. The van der Waals surface area contributed by atoms with E-state index in [1.54, 1.807) is 0 Å². The summed E-state index contributed by atoms with van der Waals surface area (Å²) in [7, 11) is 0. The number of hydrogen-bond acceptors (Lipinski definition) is 4. The molecule has 0 saturated carbocycles. The van der Waals surface area contributed by atoms with Gasteiger partial charge in [-0.05, 0) is 80.5 Å². The topological polar surface area (TPSA) is 49.9 Å². The van der Waals surface area contributed by atoms with E-state index in [4.69, 9.17) is 4.74 Å². The molecule has 2 aliphatic rings. The second kappa shape index (κ2) is 8.58. The maximum Gasteiger partial charge on any atom is 0.282 e. The summed E-state index contributed by atoms with van der Waals surface area (Å²) in [6.07, 6.45) is 2.04. The maximum absolute atomic E-state index is 13.6. The molecule has 31 heavy (non-hydrogen) atoms. The summed E-state index contributed by atoms with van der Waals surface area (Å²) in [6, 6.07) is 13.2. The minimum Gasteiger partial charge on any atom is -0.494 e. The third-order valence-corrected chi connectivity index (χ3v) is 6.36. The van der Waals surface area contributed by atoms with Crippen molar-refractivity contribution in [2.75, 3.05) is 24.6 Å². The zero-order chi connectivity index (χ0) is 22.1. The molecule has 5 nitrogen and oxygen atoms in total. The van der Waals surface area contributed by atoms with Gasteiger partial charge in [0.1, 0.15) is 11.4 Å². The Morgan fingerprint density at radius 3 is 2.23 bits per heavy atom. The SMILES string of the molecule is CCOc1ccc(C2=C(N3CCC(C)CC3)C(=O)N(c3ccc(C)c(C)c3)C2=O)cc1. The zero-order valence-corrected chi connectivity index (χ0v) is 18.8. The van der Waals surface area contributed by atoms with E-state index in [-0.39, 0.29) is 11.8 Å². The first-order valence-electron chi connectivity index (χ1n) is 11.1. The fourth-order valence-electron chi connectivity index (χ4n) is 4.29. The van der Waals surface area contributed by atoms with Gasteiger partial charge >= 0.3 is 0 Å². The highest BCUT2D eigenvalue weighted by atomic mass is 16.5. The summed E-state index contributed by atoms with van der Waals surface area (Å²) >= 11 is 0. The molecule has 4 rings (SSSR count). The van der Waals surface area contributed by atoms with Crippen molar-refractivity contribution in [1.29, 1.82) is 0 Å². The van der Waals surface area contributed by atoms with Crippen LogP contribution in [0.5, 0.6) is 5.75 Å². The van der Waals surface area contributed by atoms with Gasteiger partial charge in [-0.15, -0.1) is 0 Å². The molecule has 0 aliphatic carbocycles. The highest BCUT2D eigenvalue weighted by molar-refractivity contribution is 6.45. The molecule has 1 fully saturated rings. The van der Waals surface area contributed by atoms with E-state index < -0.39 is 0 Å². The molecule has 5 heteroatoms. The number of imide groups is 1. The molecule has 2 amide bonds. The lowest BCUT2D eigenvalue weighted by Crippen LogP contribution is -2.38. The van der Waals surface area contributed by atoms with Crippen molar-refractivity contribution in [3.05, 3.63) is 64.9 Å². The minimum absolute atomic E-state index is 0.230. The molecule has 0 radical (unpaired) electrons. The Kier molecular flexibility index (Phi) is 5.86. The quantitative estimate of drug-likeness (QED) is 0.660. The average molecular weight is 419 g/mol. The molecule has 2 aromatic rings. The van der Waals surface area contributed by atoms with Crippen LogP contribution in [0.15, 0.2) is 48.2 Å². The van der Waals surface area contributed by atoms with Crippen LogP contribution >= 0.6 is 0 Å².